The Labute approximate surface area is 166 Å². The predicted octanol–water partition coefficient (Wildman–Crippen LogP) is 3.05. The van der Waals surface area contributed by atoms with Gasteiger partial charge in [-0.3, -0.25) is 4.79 Å². The topological polar surface area (TPSA) is 81.7 Å². The van der Waals surface area contributed by atoms with E-state index >= 15 is 0 Å². The van der Waals surface area contributed by atoms with Crippen molar-refractivity contribution in [3.63, 3.8) is 0 Å². The standard InChI is InChI=1S/C19H17Cl2NO5/c1-26-19(25)16(9-12-5-3-2-4-6-12)22-17(23)11-27-18(24)14-10-13(20)7-8-15(14)21/h2-8,10,16H,9,11H2,1H3,(H,22,23). The maximum Gasteiger partial charge on any atom is 0.340 e. The van der Waals surface area contributed by atoms with Gasteiger partial charge in [-0.1, -0.05) is 53.5 Å². The van der Waals surface area contributed by atoms with E-state index in [9.17, 15) is 14.4 Å². The summed E-state index contributed by atoms with van der Waals surface area (Å²) in [6.07, 6.45) is 0.243. The van der Waals surface area contributed by atoms with Gasteiger partial charge in [-0.25, -0.2) is 9.59 Å². The molecule has 1 N–H and O–H groups in total. The molecule has 0 spiro atoms. The van der Waals surface area contributed by atoms with Crippen molar-refractivity contribution in [2.45, 2.75) is 12.5 Å². The lowest BCUT2D eigenvalue weighted by Crippen LogP contribution is -2.44. The van der Waals surface area contributed by atoms with Crippen molar-refractivity contribution < 1.29 is 23.9 Å². The van der Waals surface area contributed by atoms with Crippen molar-refractivity contribution in [1.82, 2.24) is 5.32 Å². The first-order valence-electron chi connectivity index (χ1n) is 7.94. The second-order valence-corrected chi connectivity index (χ2v) is 6.38. The zero-order valence-electron chi connectivity index (χ0n) is 14.4. The van der Waals surface area contributed by atoms with E-state index in [2.05, 4.69) is 5.32 Å². The van der Waals surface area contributed by atoms with Crippen molar-refractivity contribution in [2.24, 2.45) is 0 Å². The molecule has 1 atom stereocenters. The summed E-state index contributed by atoms with van der Waals surface area (Å²) in [6.45, 7) is -0.579. The number of methoxy groups -OCH3 is 1. The first kappa shape index (κ1) is 20.7. The molecule has 142 valence electrons. The smallest absolute Gasteiger partial charge is 0.340 e. The fraction of sp³-hybridized carbons (Fsp3) is 0.211. The van der Waals surface area contributed by atoms with Crippen LogP contribution in [0.25, 0.3) is 0 Å². The van der Waals surface area contributed by atoms with Crippen LogP contribution in [0.1, 0.15) is 15.9 Å². The van der Waals surface area contributed by atoms with Crippen molar-refractivity contribution in [1.29, 1.82) is 0 Å². The number of rotatable bonds is 7. The third-order valence-electron chi connectivity index (χ3n) is 3.59. The number of esters is 2. The minimum absolute atomic E-state index is 0.0470. The van der Waals surface area contributed by atoms with Crippen LogP contribution in [0.4, 0.5) is 0 Å². The highest BCUT2D eigenvalue weighted by molar-refractivity contribution is 6.35. The van der Waals surface area contributed by atoms with Crippen LogP contribution in [0.2, 0.25) is 10.0 Å². The molecular weight excluding hydrogens is 393 g/mol. The van der Waals surface area contributed by atoms with E-state index in [-0.39, 0.29) is 17.0 Å². The summed E-state index contributed by atoms with van der Waals surface area (Å²) >= 11 is 11.7. The number of benzene rings is 2. The maximum absolute atomic E-state index is 12.1. The SMILES string of the molecule is COC(=O)C(Cc1ccccc1)NC(=O)COC(=O)c1cc(Cl)ccc1Cl. The summed E-state index contributed by atoms with van der Waals surface area (Å²) in [5.41, 5.74) is 0.890. The average molecular weight is 410 g/mol. The number of carbonyl (C=O) groups is 3. The Balaban J connectivity index is 1.96. The van der Waals surface area contributed by atoms with E-state index < -0.39 is 30.5 Å². The number of hydrogen-bond acceptors (Lipinski definition) is 5. The van der Waals surface area contributed by atoms with Crippen LogP contribution in [0.15, 0.2) is 48.5 Å². The third kappa shape index (κ3) is 6.27. The molecule has 27 heavy (non-hydrogen) atoms. The number of ether oxygens (including phenoxy) is 2. The molecule has 0 bridgehead atoms. The Bertz CT molecular complexity index is 826. The Hall–Kier alpha value is -2.57. The number of hydrogen-bond donors (Lipinski definition) is 1. The molecule has 1 amide bonds. The Morgan fingerprint density at radius 3 is 2.44 bits per heavy atom. The van der Waals surface area contributed by atoms with Gasteiger partial charge in [0.25, 0.3) is 5.91 Å². The maximum atomic E-state index is 12.1. The highest BCUT2D eigenvalue weighted by Crippen LogP contribution is 2.21. The van der Waals surface area contributed by atoms with Crippen LogP contribution >= 0.6 is 23.2 Å². The lowest BCUT2D eigenvalue weighted by atomic mass is 10.1. The Kier molecular flexibility index (Phi) is 7.64. The van der Waals surface area contributed by atoms with Gasteiger partial charge in [-0.15, -0.1) is 0 Å². The van der Waals surface area contributed by atoms with Crippen LogP contribution in [0, 0.1) is 0 Å². The van der Waals surface area contributed by atoms with Gasteiger partial charge in [0, 0.05) is 11.4 Å². The van der Waals surface area contributed by atoms with E-state index in [0.29, 0.717) is 5.02 Å². The Morgan fingerprint density at radius 1 is 1.07 bits per heavy atom. The molecule has 1 unspecified atom stereocenters. The quantitative estimate of drug-likeness (QED) is 0.710. The minimum Gasteiger partial charge on any atom is -0.467 e. The minimum atomic E-state index is -0.904. The van der Waals surface area contributed by atoms with Gasteiger partial charge < -0.3 is 14.8 Å². The lowest BCUT2D eigenvalue weighted by Gasteiger charge is -2.16. The molecule has 0 heterocycles. The summed E-state index contributed by atoms with van der Waals surface area (Å²) in [5.74, 6) is -2.04. The van der Waals surface area contributed by atoms with Gasteiger partial charge in [-0.05, 0) is 23.8 Å². The number of nitrogens with one attached hydrogen (secondary N) is 1. The number of carbonyl (C=O) groups excluding carboxylic acids is 3. The van der Waals surface area contributed by atoms with Crippen molar-refractivity contribution in [3.8, 4) is 0 Å². The monoisotopic (exact) mass is 409 g/mol. The predicted molar refractivity (Wildman–Crippen MR) is 101 cm³/mol. The van der Waals surface area contributed by atoms with Crippen LogP contribution in [0.3, 0.4) is 0 Å². The Morgan fingerprint density at radius 2 is 1.78 bits per heavy atom. The molecule has 0 aliphatic rings. The molecule has 8 heteroatoms. The molecule has 0 saturated heterocycles. The first-order valence-corrected chi connectivity index (χ1v) is 8.69. The van der Waals surface area contributed by atoms with E-state index in [1.807, 2.05) is 30.3 Å². The van der Waals surface area contributed by atoms with E-state index in [1.165, 1.54) is 25.3 Å². The van der Waals surface area contributed by atoms with Crippen LogP contribution in [-0.4, -0.2) is 37.6 Å². The van der Waals surface area contributed by atoms with Crippen molar-refractivity contribution in [2.75, 3.05) is 13.7 Å². The van der Waals surface area contributed by atoms with Gasteiger partial charge in [0.05, 0.1) is 17.7 Å². The highest BCUT2D eigenvalue weighted by Gasteiger charge is 2.23. The molecular formula is C19H17Cl2NO5. The van der Waals surface area contributed by atoms with Gasteiger partial charge in [-0.2, -0.15) is 0 Å². The van der Waals surface area contributed by atoms with Gasteiger partial charge >= 0.3 is 11.9 Å². The molecule has 0 aromatic heterocycles. The molecule has 6 nitrogen and oxygen atoms in total. The summed E-state index contributed by atoms with van der Waals surface area (Å²) < 4.78 is 9.66. The average Bonchev–Trinajstić information content (AvgIpc) is 2.67. The summed E-state index contributed by atoms with van der Waals surface area (Å²) in [7, 11) is 1.23. The normalized spacial score (nSPS) is 11.4. The molecule has 0 aliphatic heterocycles. The zero-order valence-corrected chi connectivity index (χ0v) is 15.9. The van der Waals surface area contributed by atoms with E-state index in [4.69, 9.17) is 32.7 Å². The van der Waals surface area contributed by atoms with Gasteiger partial charge in [0.1, 0.15) is 6.04 Å². The molecule has 2 aromatic rings. The fourth-order valence-electron chi connectivity index (χ4n) is 2.28. The first-order chi connectivity index (χ1) is 12.9. The third-order valence-corrected chi connectivity index (χ3v) is 4.15. The van der Waals surface area contributed by atoms with Crippen LogP contribution in [0.5, 0.6) is 0 Å². The van der Waals surface area contributed by atoms with Crippen LogP contribution in [-0.2, 0) is 25.5 Å². The lowest BCUT2D eigenvalue weighted by molar-refractivity contribution is -0.145. The van der Waals surface area contributed by atoms with Gasteiger partial charge in [0.15, 0.2) is 6.61 Å². The summed E-state index contributed by atoms with van der Waals surface area (Å²) in [4.78, 5) is 36.1. The molecule has 2 aromatic carbocycles. The highest BCUT2D eigenvalue weighted by atomic mass is 35.5. The fourth-order valence-corrected chi connectivity index (χ4v) is 2.65. The van der Waals surface area contributed by atoms with Gasteiger partial charge in [0.2, 0.25) is 0 Å². The van der Waals surface area contributed by atoms with Crippen LogP contribution < -0.4 is 5.32 Å². The molecule has 2 rings (SSSR count). The molecule has 0 fully saturated rings. The zero-order chi connectivity index (χ0) is 19.8. The van der Waals surface area contributed by atoms with E-state index in [0.717, 1.165) is 5.56 Å². The molecule has 0 saturated carbocycles. The summed E-state index contributed by atoms with van der Waals surface area (Å²) in [5, 5.41) is 2.96. The molecule has 0 radical (unpaired) electrons. The second kappa shape index (κ2) is 9.94. The molecule has 0 aliphatic carbocycles. The van der Waals surface area contributed by atoms with Crippen molar-refractivity contribution >= 4 is 41.0 Å². The number of halogens is 2. The second-order valence-electron chi connectivity index (χ2n) is 5.53. The van der Waals surface area contributed by atoms with E-state index in [1.54, 1.807) is 0 Å². The summed E-state index contributed by atoms with van der Waals surface area (Å²) in [6, 6.07) is 12.5. The van der Waals surface area contributed by atoms with Crippen molar-refractivity contribution in [3.05, 3.63) is 69.7 Å². The largest absolute Gasteiger partial charge is 0.467 e. The number of amides is 1.